The molecule has 16 heavy (non-hydrogen) atoms. The molecule has 1 unspecified atom stereocenters. The van der Waals surface area contributed by atoms with Gasteiger partial charge < -0.3 is 10.0 Å². The van der Waals surface area contributed by atoms with Gasteiger partial charge in [0.2, 0.25) is 5.91 Å². The average Bonchev–Trinajstić information content (AvgIpc) is 2.16. The van der Waals surface area contributed by atoms with E-state index >= 15 is 0 Å². The molecule has 0 saturated carbocycles. The summed E-state index contributed by atoms with van der Waals surface area (Å²) in [7, 11) is 0. The Morgan fingerprint density at radius 1 is 1.50 bits per heavy atom. The van der Waals surface area contributed by atoms with Crippen LogP contribution in [0.15, 0.2) is 0 Å². The number of carbonyl (C=O) groups excluding carboxylic acids is 1. The minimum absolute atomic E-state index is 0.0476. The van der Waals surface area contributed by atoms with Crippen LogP contribution in [-0.2, 0) is 4.79 Å². The molecule has 2 N–H and O–H groups in total. The topological polar surface area (TPSA) is 81.1 Å². The van der Waals surface area contributed by atoms with Crippen molar-refractivity contribution >= 4 is 12.0 Å². The lowest BCUT2D eigenvalue weighted by molar-refractivity contribution is -0.166. The average molecular weight is 230 g/mol. The van der Waals surface area contributed by atoms with Gasteiger partial charge in [0, 0.05) is 13.5 Å². The third kappa shape index (κ3) is 3.10. The van der Waals surface area contributed by atoms with Gasteiger partial charge >= 0.3 is 6.09 Å². The summed E-state index contributed by atoms with van der Waals surface area (Å²) in [5, 5.41) is 18.9. The Balaban J connectivity index is 2.64. The Hall–Kier alpha value is -1.30. The van der Waals surface area contributed by atoms with Crippen molar-refractivity contribution in [1.82, 2.24) is 9.96 Å². The summed E-state index contributed by atoms with van der Waals surface area (Å²) in [5.41, 5.74) is 0. The van der Waals surface area contributed by atoms with Gasteiger partial charge in [0.05, 0.1) is 12.6 Å². The molecule has 92 valence electrons. The van der Waals surface area contributed by atoms with Crippen LogP contribution in [0.1, 0.15) is 26.7 Å². The molecule has 0 aromatic carbocycles. The third-order valence-corrected chi connectivity index (χ3v) is 2.97. The Morgan fingerprint density at radius 3 is 2.62 bits per heavy atom. The summed E-state index contributed by atoms with van der Waals surface area (Å²) in [6.07, 6.45) is 0.513. The number of likely N-dealkylation sites (tertiary alicyclic amines) is 1. The Morgan fingerprint density at radius 2 is 2.12 bits per heavy atom. The fourth-order valence-electron chi connectivity index (χ4n) is 2.00. The second-order valence-electron chi connectivity index (χ2n) is 4.36. The van der Waals surface area contributed by atoms with Gasteiger partial charge in [-0.1, -0.05) is 6.92 Å². The van der Waals surface area contributed by atoms with Gasteiger partial charge in [0.25, 0.3) is 0 Å². The number of carboxylic acid groups (broad SMARTS) is 1. The van der Waals surface area contributed by atoms with E-state index in [1.165, 1.54) is 11.8 Å². The summed E-state index contributed by atoms with van der Waals surface area (Å²) in [4.78, 5) is 23.1. The molecule has 1 aliphatic rings. The minimum Gasteiger partial charge on any atom is -0.465 e. The van der Waals surface area contributed by atoms with Crippen molar-refractivity contribution in [3.05, 3.63) is 0 Å². The van der Waals surface area contributed by atoms with Crippen LogP contribution in [-0.4, -0.2) is 51.4 Å². The lowest BCUT2D eigenvalue weighted by Gasteiger charge is -2.37. The van der Waals surface area contributed by atoms with Crippen LogP contribution in [0.3, 0.4) is 0 Å². The lowest BCUT2D eigenvalue weighted by Crippen LogP contribution is -2.50. The van der Waals surface area contributed by atoms with Crippen LogP contribution < -0.4 is 0 Å². The summed E-state index contributed by atoms with van der Waals surface area (Å²) in [6.45, 7) is 3.80. The number of hydrogen-bond acceptors (Lipinski definition) is 3. The van der Waals surface area contributed by atoms with E-state index in [1.807, 2.05) is 6.92 Å². The van der Waals surface area contributed by atoms with Crippen LogP contribution in [0.2, 0.25) is 0 Å². The van der Waals surface area contributed by atoms with Crippen LogP contribution in [0.5, 0.6) is 0 Å². The number of amides is 2. The van der Waals surface area contributed by atoms with E-state index < -0.39 is 12.0 Å². The molecule has 1 heterocycles. The van der Waals surface area contributed by atoms with E-state index in [9.17, 15) is 14.8 Å². The fraction of sp³-hybridized carbons (Fsp3) is 0.800. The molecule has 0 radical (unpaired) electrons. The second-order valence-corrected chi connectivity index (χ2v) is 4.36. The normalized spacial score (nSPS) is 25.3. The molecule has 1 saturated heterocycles. The molecule has 0 spiro atoms. The van der Waals surface area contributed by atoms with E-state index in [4.69, 9.17) is 5.11 Å². The van der Waals surface area contributed by atoms with Gasteiger partial charge in [0.1, 0.15) is 0 Å². The quantitative estimate of drug-likeness (QED) is 0.548. The second kappa shape index (κ2) is 5.16. The predicted molar refractivity (Wildman–Crippen MR) is 56.1 cm³/mol. The number of piperidine rings is 1. The first-order chi connectivity index (χ1) is 7.41. The van der Waals surface area contributed by atoms with Gasteiger partial charge in [-0.05, 0) is 18.8 Å². The molecule has 0 aromatic rings. The highest BCUT2D eigenvalue weighted by molar-refractivity contribution is 5.72. The first-order valence-corrected chi connectivity index (χ1v) is 5.38. The number of nitrogens with zero attached hydrogens (tertiary/aromatic N) is 2. The fourth-order valence-corrected chi connectivity index (χ4v) is 2.00. The zero-order valence-electron chi connectivity index (χ0n) is 9.59. The van der Waals surface area contributed by atoms with Crippen molar-refractivity contribution < 1.29 is 19.9 Å². The molecular formula is C10H18N2O4. The molecule has 6 nitrogen and oxygen atoms in total. The number of hydrogen-bond donors (Lipinski definition) is 2. The van der Waals surface area contributed by atoms with E-state index in [-0.39, 0.29) is 12.6 Å². The smallest absolute Gasteiger partial charge is 0.407 e. The molecule has 2 atom stereocenters. The molecule has 1 aliphatic heterocycles. The molecular weight excluding hydrogens is 212 g/mol. The monoisotopic (exact) mass is 230 g/mol. The molecule has 0 aliphatic carbocycles. The van der Waals surface area contributed by atoms with E-state index in [0.717, 1.165) is 6.42 Å². The van der Waals surface area contributed by atoms with Crippen molar-refractivity contribution in [1.29, 1.82) is 0 Å². The van der Waals surface area contributed by atoms with Crippen molar-refractivity contribution in [2.45, 2.75) is 32.7 Å². The molecule has 0 bridgehead atoms. The SMILES string of the molecule is CC(=O)N(O)C[C@H]1CC(C)CCN1C(=O)O. The number of hydroxylamine groups is 2. The van der Waals surface area contributed by atoms with Crippen LogP contribution in [0.25, 0.3) is 0 Å². The Kier molecular flexibility index (Phi) is 4.12. The van der Waals surface area contributed by atoms with E-state index in [2.05, 4.69) is 0 Å². The highest BCUT2D eigenvalue weighted by Gasteiger charge is 2.31. The van der Waals surface area contributed by atoms with Gasteiger partial charge in [-0.3, -0.25) is 10.0 Å². The first kappa shape index (κ1) is 12.8. The zero-order valence-corrected chi connectivity index (χ0v) is 9.59. The lowest BCUT2D eigenvalue weighted by atomic mass is 9.92. The molecule has 1 fully saturated rings. The molecule has 2 amide bonds. The minimum atomic E-state index is -0.992. The Labute approximate surface area is 94.4 Å². The van der Waals surface area contributed by atoms with Gasteiger partial charge in [0.15, 0.2) is 0 Å². The van der Waals surface area contributed by atoms with Crippen LogP contribution in [0.4, 0.5) is 4.79 Å². The first-order valence-electron chi connectivity index (χ1n) is 5.38. The standard InChI is InChI=1S/C10H18N2O4/c1-7-3-4-11(10(14)15)9(5-7)6-12(16)8(2)13/h7,9,16H,3-6H2,1-2H3,(H,14,15)/t7?,9-/m1/s1. The largest absolute Gasteiger partial charge is 0.465 e. The van der Waals surface area contributed by atoms with Crippen LogP contribution >= 0.6 is 0 Å². The molecule has 6 heteroatoms. The summed E-state index contributed by atoms with van der Waals surface area (Å²) < 4.78 is 0. The summed E-state index contributed by atoms with van der Waals surface area (Å²) in [6, 6.07) is -0.310. The van der Waals surface area contributed by atoms with Crippen molar-refractivity contribution in [2.75, 3.05) is 13.1 Å². The van der Waals surface area contributed by atoms with Crippen molar-refractivity contribution in [2.24, 2.45) is 5.92 Å². The van der Waals surface area contributed by atoms with Gasteiger partial charge in [-0.25, -0.2) is 9.86 Å². The van der Waals surface area contributed by atoms with Crippen LogP contribution in [0, 0.1) is 5.92 Å². The number of carbonyl (C=O) groups is 2. The van der Waals surface area contributed by atoms with Crippen molar-refractivity contribution in [3.8, 4) is 0 Å². The molecule has 1 rings (SSSR count). The summed E-state index contributed by atoms with van der Waals surface area (Å²) >= 11 is 0. The molecule has 0 aromatic heterocycles. The maximum Gasteiger partial charge on any atom is 0.407 e. The third-order valence-electron chi connectivity index (χ3n) is 2.97. The van der Waals surface area contributed by atoms with Crippen molar-refractivity contribution in [3.63, 3.8) is 0 Å². The highest BCUT2D eigenvalue weighted by Crippen LogP contribution is 2.23. The highest BCUT2D eigenvalue weighted by atomic mass is 16.5. The maximum atomic E-state index is 11.0. The zero-order chi connectivity index (χ0) is 12.3. The predicted octanol–water partition coefficient (Wildman–Crippen LogP) is 1.00. The summed E-state index contributed by atoms with van der Waals surface area (Å²) in [5.74, 6) is -0.0514. The maximum absolute atomic E-state index is 11.0. The van der Waals surface area contributed by atoms with Gasteiger partial charge in [-0.15, -0.1) is 0 Å². The van der Waals surface area contributed by atoms with Gasteiger partial charge in [-0.2, -0.15) is 0 Å². The van der Waals surface area contributed by atoms with E-state index in [1.54, 1.807) is 0 Å². The number of rotatable bonds is 2. The van der Waals surface area contributed by atoms with E-state index in [0.29, 0.717) is 23.9 Å². The Bertz CT molecular complexity index is 282.